The highest BCUT2D eigenvalue weighted by atomic mass is 16.8. The minimum atomic E-state index is -1.03. The van der Waals surface area contributed by atoms with Crippen LogP contribution in [0, 0.1) is 55.5 Å². The molecule has 4 fully saturated rings. The molecule has 1 aromatic carbocycles. The Bertz CT molecular complexity index is 1480. The van der Waals surface area contributed by atoms with Crippen molar-refractivity contribution in [3.05, 3.63) is 41.1 Å². The van der Waals surface area contributed by atoms with Crippen molar-refractivity contribution in [2.75, 3.05) is 5.32 Å². The first-order valence-corrected chi connectivity index (χ1v) is 17.4. The summed E-state index contributed by atoms with van der Waals surface area (Å²) in [5.74, 6) is 0.210. The molecule has 0 saturated heterocycles. The van der Waals surface area contributed by atoms with Crippen LogP contribution in [0.2, 0.25) is 0 Å². The Hall–Kier alpha value is -2.55. The third kappa shape index (κ3) is 4.75. The fraction of sp³-hybridized carbons (Fsp3) is 0.711. The minimum Gasteiger partial charge on any atom is -0.595 e. The van der Waals surface area contributed by atoms with E-state index < -0.39 is 10.6 Å². The van der Waals surface area contributed by atoms with Crippen molar-refractivity contribution in [1.29, 1.82) is 0 Å². The Morgan fingerprint density at radius 1 is 0.978 bits per heavy atom. The van der Waals surface area contributed by atoms with Gasteiger partial charge in [0, 0.05) is 41.5 Å². The number of nitrogens with one attached hydrogen (secondary N) is 2. The zero-order chi connectivity index (χ0) is 33.7. The maximum atomic E-state index is 14.7. The van der Waals surface area contributed by atoms with E-state index in [1.807, 2.05) is 13.0 Å². The van der Waals surface area contributed by atoms with Crippen LogP contribution < -0.4 is 10.5 Å². The van der Waals surface area contributed by atoms with E-state index in [1.54, 1.807) is 12.1 Å². The molecule has 8 heteroatoms. The van der Waals surface area contributed by atoms with Crippen molar-refractivity contribution < 1.29 is 29.6 Å². The highest BCUT2D eigenvalue weighted by molar-refractivity contribution is 5.97. The number of hydrogen-bond donors (Lipinski definition) is 3. The van der Waals surface area contributed by atoms with Crippen LogP contribution in [0.1, 0.15) is 113 Å². The smallest absolute Gasteiger partial charge is 0.302 e. The molecule has 0 bridgehead atoms. The predicted molar refractivity (Wildman–Crippen MR) is 176 cm³/mol. The van der Waals surface area contributed by atoms with Crippen LogP contribution in [0.3, 0.4) is 0 Å². The van der Waals surface area contributed by atoms with Gasteiger partial charge in [0.2, 0.25) is 5.91 Å². The molecule has 0 aromatic heterocycles. The molecule has 0 aliphatic heterocycles. The Kier molecular flexibility index (Phi) is 7.78. The second-order valence-electron chi connectivity index (χ2n) is 17.6. The van der Waals surface area contributed by atoms with Crippen molar-refractivity contribution in [3.63, 3.8) is 0 Å². The molecule has 5 aliphatic rings. The summed E-state index contributed by atoms with van der Waals surface area (Å²) in [5.41, 5.74) is 0.472. The lowest BCUT2D eigenvalue weighted by molar-refractivity contribution is -0.991. The molecule has 0 heterocycles. The van der Waals surface area contributed by atoms with Crippen molar-refractivity contribution in [2.45, 2.75) is 119 Å². The Morgan fingerprint density at radius 3 is 2.35 bits per heavy atom. The normalized spacial score (nSPS) is 43.5. The summed E-state index contributed by atoms with van der Waals surface area (Å²) in [6.07, 6.45) is 9.93. The standard InChI is InChI=1S/C38H54N2O6/c1-23(41)46-30-13-14-36(6)29(33(30,2)3)12-15-38(8)31(36)28(42)21-26-27-22-35(5,17-16-34(27,4)18-19-37(26,38)7)32(43)39-24-10-9-11-25(20-24)40(44)45/h9-11,20-21,27,29-31,40,44H,12-19,22H2,1-8H3,(H,39,43)/t27-,29+,30+,31+,34+,35+,36+,37+,38+/m0/s1. The van der Waals surface area contributed by atoms with Crippen LogP contribution in [0.15, 0.2) is 35.9 Å². The molecule has 3 N–H and O–H groups in total. The summed E-state index contributed by atoms with van der Waals surface area (Å²) in [5, 5.41) is 23.0. The van der Waals surface area contributed by atoms with Gasteiger partial charge in [-0.25, -0.2) is 5.21 Å². The molecule has 1 unspecified atom stereocenters. The summed E-state index contributed by atoms with van der Waals surface area (Å²) in [7, 11) is 0. The summed E-state index contributed by atoms with van der Waals surface area (Å²) < 4.78 is 5.86. The molecule has 1 aromatic rings. The second kappa shape index (κ2) is 10.7. The van der Waals surface area contributed by atoms with E-state index in [2.05, 4.69) is 46.9 Å². The van der Waals surface area contributed by atoms with Gasteiger partial charge in [0.05, 0.1) is 0 Å². The number of ether oxygens (including phenoxy) is 1. The van der Waals surface area contributed by atoms with E-state index >= 15 is 0 Å². The SMILES string of the molecule is CC(=O)O[C@@H]1CC[C@]2(C)[C@H](CC[C@]3(C)[C@@H]2C(=O)C=C2[C@@H]4C[C@](C)(C(=O)Nc5cccc([NH+]([O-])O)c5)CC[C@]4(C)CC[C@]23C)C1(C)C. The largest absolute Gasteiger partial charge is 0.595 e. The van der Waals surface area contributed by atoms with Gasteiger partial charge < -0.3 is 15.3 Å². The predicted octanol–water partition coefficient (Wildman–Crippen LogP) is 6.94. The lowest BCUT2D eigenvalue weighted by Gasteiger charge is -2.70. The fourth-order valence-corrected chi connectivity index (χ4v) is 11.8. The number of hydrogen-bond acceptors (Lipinski definition) is 6. The molecule has 1 amide bonds. The van der Waals surface area contributed by atoms with Crippen LogP contribution in [0.5, 0.6) is 0 Å². The highest BCUT2D eigenvalue weighted by Gasteiger charge is 2.70. The Morgan fingerprint density at radius 2 is 1.67 bits per heavy atom. The van der Waals surface area contributed by atoms with Crippen molar-refractivity contribution >= 4 is 29.0 Å². The van der Waals surface area contributed by atoms with Crippen LogP contribution in [-0.2, 0) is 19.1 Å². The van der Waals surface area contributed by atoms with E-state index in [1.165, 1.54) is 24.6 Å². The quantitative estimate of drug-likeness (QED) is 0.244. The van der Waals surface area contributed by atoms with Crippen LogP contribution in [0.4, 0.5) is 11.4 Å². The topological polar surface area (TPSA) is 120 Å². The van der Waals surface area contributed by atoms with E-state index in [9.17, 15) is 24.8 Å². The number of quaternary nitrogens is 1. The monoisotopic (exact) mass is 634 g/mol. The van der Waals surface area contributed by atoms with Gasteiger partial charge in [-0.3, -0.25) is 14.4 Å². The molecule has 0 spiro atoms. The van der Waals surface area contributed by atoms with Gasteiger partial charge in [-0.2, -0.15) is 5.23 Å². The number of amides is 1. The third-order valence-electron chi connectivity index (χ3n) is 14.7. The number of carbonyl (C=O) groups is 3. The number of esters is 1. The molecule has 6 rings (SSSR count). The zero-order valence-electron chi connectivity index (χ0n) is 29.0. The molecule has 8 nitrogen and oxygen atoms in total. The average Bonchev–Trinajstić information content (AvgIpc) is 2.96. The molecular formula is C38H54N2O6. The molecule has 4 saturated carbocycles. The summed E-state index contributed by atoms with van der Waals surface area (Å²) in [6.45, 7) is 17.5. The number of benzene rings is 1. The van der Waals surface area contributed by atoms with Crippen LogP contribution in [-0.4, -0.2) is 29.0 Å². The number of carbonyl (C=O) groups excluding carboxylic acids is 3. The summed E-state index contributed by atoms with van der Waals surface area (Å²) >= 11 is 0. The number of anilines is 1. The van der Waals surface area contributed by atoms with E-state index in [0.29, 0.717) is 12.1 Å². The Balaban J connectivity index is 1.33. The van der Waals surface area contributed by atoms with Crippen molar-refractivity contribution in [3.8, 4) is 0 Å². The first kappa shape index (κ1) is 33.4. The lowest BCUT2D eigenvalue weighted by atomic mass is 9.33. The lowest BCUT2D eigenvalue weighted by Crippen LogP contribution is -2.99. The van der Waals surface area contributed by atoms with Gasteiger partial charge in [-0.15, -0.1) is 0 Å². The van der Waals surface area contributed by atoms with Gasteiger partial charge in [0.1, 0.15) is 6.10 Å². The molecule has 10 atom stereocenters. The highest BCUT2D eigenvalue weighted by Crippen LogP contribution is 2.75. The van der Waals surface area contributed by atoms with Gasteiger partial charge >= 0.3 is 5.97 Å². The van der Waals surface area contributed by atoms with Gasteiger partial charge in [-0.05, 0) is 103 Å². The van der Waals surface area contributed by atoms with Crippen LogP contribution >= 0.6 is 0 Å². The summed E-state index contributed by atoms with van der Waals surface area (Å²) in [6, 6.07) is 6.42. The third-order valence-corrected chi connectivity index (χ3v) is 14.7. The van der Waals surface area contributed by atoms with E-state index in [4.69, 9.17) is 4.74 Å². The number of ketones is 1. The molecule has 46 heavy (non-hydrogen) atoms. The maximum Gasteiger partial charge on any atom is 0.302 e. The second-order valence-corrected chi connectivity index (χ2v) is 17.6. The fourth-order valence-electron chi connectivity index (χ4n) is 11.8. The van der Waals surface area contributed by atoms with Crippen molar-refractivity contribution in [2.24, 2.45) is 50.2 Å². The van der Waals surface area contributed by atoms with Gasteiger partial charge in [-0.1, -0.05) is 60.1 Å². The number of fused-ring (bicyclic) bond motifs is 7. The Labute approximate surface area is 274 Å². The maximum absolute atomic E-state index is 14.7. The molecule has 252 valence electrons. The number of allylic oxidation sites excluding steroid dienone is 2. The average molecular weight is 635 g/mol. The number of rotatable bonds is 4. The van der Waals surface area contributed by atoms with E-state index in [0.717, 1.165) is 51.4 Å². The van der Waals surface area contributed by atoms with Crippen molar-refractivity contribution in [1.82, 2.24) is 0 Å². The zero-order valence-corrected chi connectivity index (χ0v) is 29.0. The minimum absolute atomic E-state index is 0.0169. The van der Waals surface area contributed by atoms with E-state index in [-0.39, 0.29) is 74.3 Å². The molecule has 0 radical (unpaired) electrons. The first-order chi connectivity index (χ1) is 21.3. The van der Waals surface area contributed by atoms with Crippen LogP contribution in [0.25, 0.3) is 0 Å². The first-order valence-electron chi connectivity index (χ1n) is 17.4. The molecule has 5 aliphatic carbocycles. The van der Waals surface area contributed by atoms with Gasteiger partial charge in [0.15, 0.2) is 11.5 Å². The van der Waals surface area contributed by atoms with Gasteiger partial charge in [0.25, 0.3) is 0 Å². The molecular weight excluding hydrogens is 580 g/mol. The summed E-state index contributed by atoms with van der Waals surface area (Å²) in [4.78, 5) is 40.6.